The van der Waals surface area contributed by atoms with Gasteiger partial charge in [-0.05, 0) is 25.0 Å². The molecule has 1 aromatic carbocycles. The maximum absolute atomic E-state index is 12.0. The molecule has 0 radical (unpaired) electrons. The molecule has 0 atom stereocenters. The van der Waals surface area contributed by atoms with E-state index in [4.69, 9.17) is 0 Å². The van der Waals surface area contributed by atoms with Gasteiger partial charge in [-0.25, -0.2) is 8.42 Å². The van der Waals surface area contributed by atoms with Gasteiger partial charge in [0.1, 0.15) is 0 Å². The zero-order valence-electron chi connectivity index (χ0n) is 11.0. The number of aliphatic hydroxyl groups is 1. The molecule has 0 bridgehead atoms. The van der Waals surface area contributed by atoms with Crippen LogP contribution in [-0.4, -0.2) is 43.5 Å². The summed E-state index contributed by atoms with van der Waals surface area (Å²) in [5.41, 5.74) is 0. The smallest absolute Gasteiger partial charge is 0.247 e. The zero-order valence-corrected chi connectivity index (χ0v) is 11.8. The van der Waals surface area contributed by atoms with Crippen molar-refractivity contribution in [3.63, 3.8) is 0 Å². The number of sulfone groups is 1. The Hall–Kier alpha value is -1.66. The van der Waals surface area contributed by atoms with Crippen molar-refractivity contribution in [1.29, 1.82) is 0 Å². The maximum Gasteiger partial charge on any atom is 0.247 e. The third-order valence-electron chi connectivity index (χ3n) is 3.24. The van der Waals surface area contributed by atoms with E-state index in [0.717, 1.165) is 11.5 Å². The number of benzene rings is 1. The van der Waals surface area contributed by atoms with Crippen LogP contribution in [0.4, 0.5) is 0 Å². The van der Waals surface area contributed by atoms with Gasteiger partial charge in [-0.3, -0.25) is 4.79 Å². The molecule has 1 aliphatic rings. The van der Waals surface area contributed by atoms with E-state index in [2.05, 4.69) is 0 Å². The van der Waals surface area contributed by atoms with Crippen LogP contribution in [0.15, 0.2) is 46.7 Å². The predicted octanol–water partition coefficient (Wildman–Crippen LogP) is 0.957. The lowest BCUT2D eigenvalue weighted by molar-refractivity contribution is -0.127. The van der Waals surface area contributed by atoms with Crippen molar-refractivity contribution < 1.29 is 18.3 Å². The van der Waals surface area contributed by atoms with Gasteiger partial charge in [-0.2, -0.15) is 0 Å². The highest BCUT2D eigenvalue weighted by Gasteiger charge is 2.20. The summed E-state index contributed by atoms with van der Waals surface area (Å²) in [6, 6.07) is 7.97. The minimum absolute atomic E-state index is 0.165. The van der Waals surface area contributed by atoms with Crippen LogP contribution in [0.25, 0.3) is 0 Å². The van der Waals surface area contributed by atoms with Gasteiger partial charge < -0.3 is 10.0 Å². The highest BCUT2D eigenvalue weighted by Crippen LogP contribution is 2.13. The topological polar surface area (TPSA) is 74.7 Å². The van der Waals surface area contributed by atoms with Crippen LogP contribution in [0.1, 0.15) is 12.8 Å². The monoisotopic (exact) mass is 295 g/mol. The molecule has 1 heterocycles. The van der Waals surface area contributed by atoms with E-state index >= 15 is 0 Å². The van der Waals surface area contributed by atoms with Crippen LogP contribution < -0.4 is 0 Å². The van der Waals surface area contributed by atoms with Crippen molar-refractivity contribution in [2.75, 3.05) is 13.1 Å². The summed E-state index contributed by atoms with van der Waals surface area (Å²) in [6.07, 6.45) is 1.78. The molecule has 20 heavy (non-hydrogen) atoms. The van der Waals surface area contributed by atoms with Crippen LogP contribution in [0.2, 0.25) is 0 Å². The molecule has 0 aromatic heterocycles. The number of nitrogens with zero attached hydrogens (tertiary/aromatic N) is 1. The van der Waals surface area contributed by atoms with Gasteiger partial charge in [-0.15, -0.1) is 0 Å². The molecule has 6 heteroatoms. The van der Waals surface area contributed by atoms with Crippen LogP contribution in [-0.2, 0) is 14.6 Å². The molecule has 0 spiro atoms. The fraction of sp³-hybridized carbons (Fsp3) is 0.357. The lowest BCUT2D eigenvalue weighted by Gasteiger charge is -2.28. The molecule has 0 saturated carbocycles. The third kappa shape index (κ3) is 3.68. The van der Waals surface area contributed by atoms with Crippen molar-refractivity contribution in [1.82, 2.24) is 4.90 Å². The first kappa shape index (κ1) is 14.7. The van der Waals surface area contributed by atoms with Crippen LogP contribution in [0, 0.1) is 0 Å². The quantitative estimate of drug-likeness (QED) is 0.843. The summed E-state index contributed by atoms with van der Waals surface area (Å²) in [4.78, 5) is 13.6. The van der Waals surface area contributed by atoms with Gasteiger partial charge in [0, 0.05) is 24.6 Å². The fourth-order valence-corrected chi connectivity index (χ4v) is 3.02. The van der Waals surface area contributed by atoms with Gasteiger partial charge in [0.2, 0.25) is 5.91 Å². The number of carbonyl (C=O) groups is 1. The number of rotatable bonds is 3. The van der Waals surface area contributed by atoms with E-state index in [9.17, 15) is 18.3 Å². The standard InChI is InChI=1S/C14H17NO4S/c16-12-6-9-15(10-7-12)14(17)8-11-20(18,19)13-4-2-1-3-5-13/h1-5,8,11-12,16H,6-7,9-10H2/b11-8+. The Morgan fingerprint density at radius 3 is 2.40 bits per heavy atom. The number of hydrogen-bond acceptors (Lipinski definition) is 4. The summed E-state index contributed by atoms with van der Waals surface area (Å²) in [5.74, 6) is -0.337. The molecule has 5 nitrogen and oxygen atoms in total. The summed E-state index contributed by atoms with van der Waals surface area (Å²) in [7, 11) is -3.58. The Morgan fingerprint density at radius 1 is 1.20 bits per heavy atom. The predicted molar refractivity (Wildman–Crippen MR) is 74.6 cm³/mol. The Morgan fingerprint density at radius 2 is 1.80 bits per heavy atom. The molecule has 0 unspecified atom stereocenters. The lowest BCUT2D eigenvalue weighted by atomic mass is 10.1. The SMILES string of the molecule is O=C(/C=C/S(=O)(=O)c1ccccc1)N1CCC(O)CC1. The average Bonchev–Trinajstić information content (AvgIpc) is 2.46. The van der Waals surface area contributed by atoms with E-state index in [1.807, 2.05) is 0 Å². The summed E-state index contributed by atoms with van der Waals surface area (Å²) in [5, 5.41) is 10.3. The molecular weight excluding hydrogens is 278 g/mol. The lowest BCUT2D eigenvalue weighted by Crippen LogP contribution is -2.39. The van der Waals surface area contributed by atoms with E-state index in [0.29, 0.717) is 25.9 Å². The maximum atomic E-state index is 12.0. The summed E-state index contributed by atoms with van der Waals surface area (Å²) >= 11 is 0. The third-order valence-corrected chi connectivity index (χ3v) is 4.66. The first-order chi connectivity index (χ1) is 9.49. The van der Waals surface area contributed by atoms with E-state index in [1.165, 1.54) is 12.1 Å². The molecule has 1 N–H and O–H groups in total. The largest absolute Gasteiger partial charge is 0.393 e. The van der Waals surface area contributed by atoms with E-state index in [-0.39, 0.29) is 16.9 Å². The van der Waals surface area contributed by atoms with Gasteiger partial charge in [0.25, 0.3) is 0 Å². The van der Waals surface area contributed by atoms with Crippen molar-refractivity contribution in [3.05, 3.63) is 41.8 Å². The van der Waals surface area contributed by atoms with Crippen molar-refractivity contribution in [2.24, 2.45) is 0 Å². The number of likely N-dealkylation sites (tertiary alicyclic amines) is 1. The van der Waals surface area contributed by atoms with E-state index < -0.39 is 9.84 Å². The summed E-state index contributed by atoms with van der Waals surface area (Å²) < 4.78 is 23.9. The second-order valence-electron chi connectivity index (χ2n) is 4.72. The Bertz CT molecular complexity index is 587. The second-order valence-corrected chi connectivity index (χ2v) is 6.55. The molecular formula is C14H17NO4S. The van der Waals surface area contributed by atoms with Crippen molar-refractivity contribution >= 4 is 15.7 Å². The first-order valence-electron chi connectivity index (χ1n) is 6.44. The normalized spacial score (nSPS) is 17.6. The number of amides is 1. The average molecular weight is 295 g/mol. The molecule has 108 valence electrons. The zero-order chi connectivity index (χ0) is 14.6. The van der Waals surface area contributed by atoms with Crippen molar-refractivity contribution in [2.45, 2.75) is 23.8 Å². The minimum atomic E-state index is -3.58. The molecule has 2 rings (SSSR count). The number of hydrogen-bond donors (Lipinski definition) is 1. The molecule has 1 amide bonds. The van der Waals surface area contributed by atoms with Crippen LogP contribution in [0.5, 0.6) is 0 Å². The minimum Gasteiger partial charge on any atom is -0.393 e. The number of piperidine rings is 1. The van der Waals surface area contributed by atoms with Gasteiger partial charge in [0.05, 0.1) is 11.0 Å². The Balaban J connectivity index is 2.04. The van der Waals surface area contributed by atoms with Crippen molar-refractivity contribution in [3.8, 4) is 0 Å². The highest BCUT2D eigenvalue weighted by atomic mass is 32.2. The van der Waals surface area contributed by atoms with E-state index in [1.54, 1.807) is 23.1 Å². The fourth-order valence-electron chi connectivity index (χ4n) is 2.03. The molecule has 0 aliphatic carbocycles. The highest BCUT2D eigenvalue weighted by molar-refractivity contribution is 7.94. The first-order valence-corrected chi connectivity index (χ1v) is 7.99. The number of carbonyl (C=O) groups excluding carboxylic acids is 1. The second kappa shape index (κ2) is 6.19. The number of aliphatic hydroxyl groups excluding tert-OH is 1. The van der Waals surface area contributed by atoms with Gasteiger partial charge in [0.15, 0.2) is 9.84 Å². The summed E-state index contributed by atoms with van der Waals surface area (Å²) in [6.45, 7) is 0.908. The Kier molecular flexibility index (Phi) is 4.57. The molecule has 1 fully saturated rings. The van der Waals surface area contributed by atoms with Gasteiger partial charge in [-0.1, -0.05) is 18.2 Å². The molecule has 1 aromatic rings. The molecule has 1 saturated heterocycles. The van der Waals surface area contributed by atoms with Crippen LogP contribution in [0.3, 0.4) is 0 Å². The Labute approximate surface area is 118 Å². The van der Waals surface area contributed by atoms with Gasteiger partial charge >= 0.3 is 0 Å². The molecule has 1 aliphatic heterocycles. The van der Waals surface area contributed by atoms with Crippen LogP contribution >= 0.6 is 0 Å².